The quantitative estimate of drug-likeness (QED) is 0.587. The second-order valence-electron chi connectivity index (χ2n) is 11.0. The lowest BCUT2D eigenvalue weighted by Gasteiger charge is -2.34. The largest absolute Gasteiger partial charge is 0.481 e. The summed E-state index contributed by atoms with van der Waals surface area (Å²) in [5.41, 5.74) is -0.653. The highest BCUT2D eigenvalue weighted by atomic mass is 19.1. The van der Waals surface area contributed by atoms with Crippen LogP contribution in [0.25, 0.3) is 0 Å². The number of amides is 3. The topological polar surface area (TPSA) is 107 Å². The van der Waals surface area contributed by atoms with Gasteiger partial charge in [0.05, 0.1) is 6.42 Å². The average Bonchev–Trinajstić information content (AvgIpc) is 3.22. The van der Waals surface area contributed by atoms with Crippen LogP contribution in [0.5, 0.6) is 0 Å². The molecule has 3 rings (SSSR count). The number of nitrogens with zero attached hydrogens (tertiary/aromatic N) is 2. The molecule has 0 bridgehead atoms. The molecular formula is C26H35F2N3O5. The number of carboxylic acids is 1. The zero-order chi connectivity index (χ0) is 26.6. The maximum absolute atomic E-state index is 13.8. The summed E-state index contributed by atoms with van der Waals surface area (Å²) >= 11 is 0. The monoisotopic (exact) mass is 507 g/mol. The number of aliphatic carboxylic acids is 1. The number of carboxylic acid groups (broad SMARTS) is 1. The zero-order valence-corrected chi connectivity index (χ0v) is 21.1. The summed E-state index contributed by atoms with van der Waals surface area (Å²) in [5.74, 6) is -4.74. The molecule has 1 saturated heterocycles. The standard InChI is InChI=1S/C26H35F2N3O5/c1-26(2,3)15-21(32)30-9-10-31(25(36)17-11-18(27)13-19(28)12-17)24(30)23(35)29-20(14-22(33)34)16-7-5-4-6-8-16/h11-13,16,20,24H,4-10,14-15H2,1-3H3,(H,29,35)(H,33,34). The first-order chi connectivity index (χ1) is 16.9. The number of hydrogen-bond donors (Lipinski definition) is 2. The highest BCUT2D eigenvalue weighted by Gasteiger charge is 2.44. The van der Waals surface area contributed by atoms with Gasteiger partial charge in [0.15, 0.2) is 6.17 Å². The van der Waals surface area contributed by atoms with E-state index in [9.17, 15) is 33.1 Å². The van der Waals surface area contributed by atoms with E-state index < -0.39 is 41.6 Å². The summed E-state index contributed by atoms with van der Waals surface area (Å²) in [4.78, 5) is 54.0. The minimum atomic E-state index is -1.35. The molecule has 1 aromatic rings. The number of halogens is 2. The molecule has 2 N–H and O–H groups in total. The minimum Gasteiger partial charge on any atom is -0.481 e. The average molecular weight is 508 g/mol. The molecule has 36 heavy (non-hydrogen) atoms. The number of carbonyl (C=O) groups excluding carboxylic acids is 3. The molecule has 8 nitrogen and oxygen atoms in total. The first-order valence-corrected chi connectivity index (χ1v) is 12.4. The Hall–Kier alpha value is -3.04. The van der Waals surface area contributed by atoms with Gasteiger partial charge >= 0.3 is 5.97 Å². The van der Waals surface area contributed by atoms with Crippen molar-refractivity contribution in [1.29, 1.82) is 0 Å². The Morgan fingerprint density at radius 2 is 1.58 bits per heavy atom. The second kappa shape index (κ2) is 11.3. The van der Waals surface area contributed by atoms with Crippen molar-refractivity contribution >= 4 is 23.7 Å². The summed E-state index contributed by atoms with van der Waals surface area (Å²) in [6.45, 7) is 5.70. The predicted molar refractivity (Wildman–Crippen MR) is 128 cm³/mol. The number of nitrogens with one attached hydrogen (secondary N) is 1. The summed E-state index contributed by atoms with van der Waals surface area (Å²) in [6.07, 6.45) is 2.98. The van der Waals surface area contributed by atoms with E-state index in [1.807, 2.05) is 20.8 Å². The van der Waals surface area contributed by atoms with Gasteiger partial charge in [0.2, 0.25) is 5.91 Å². The molecule has 2 atom stereocenters. The van der Waals surface area contributed by atoms with Crippen molar-refractivity contribution in [3.8, 4) is 0 Å². The number of benzene rings is 1. The van der Waals surface area contributed by atoms with Gasteiger partial charge in [-0.15, -0.1) is 0 Å². The van der Waals surface area contributed by atoms with Crippen molar-refractivity contribution in [2.24, 2.45) is 11.3 Å². The summed E-state index contributed by atoms with van der Waals surface area (Å²) in [6, 6.07) is 1.76. The Bertz CT molecular complexity index is 984. The van der Waals surface area contributed by atoms with Crippen LogP contribution in [0.1, 0.15) is 76.1 Å². The third-order valence-electron chi connectivity index (χ3n) is 6.72. The van der Waals surface area contributed by atoms with Crippen molar-refractivity contribution in [1.82, 2.24) is 15.1 Å². The normalized spacial score (nSPS) is 19.8. The fraction of sp³-hybridized carbons (Fsp3) is 0.615. The first-order valence-electron chi connectivity index (χ1n) is 12.4. The van der Waals surface area contributed by atoms with E-state index in [1.54, 1.807) is 0 Å². The van der Waals surface area contributed by atoms with Gasteiger partial charge < -0.3 is 20.2 Å². The maximum atomic E-state index is 13.8. The molecule has 0 radical (unpaired) electrons. The van der Waals surface area contributed by atoms with Crippen LogP contribution in [0.3, 0.4) is 0 Å². The Morgan fingerprint density at radius 3 is 2.14 bits per heavy atom. The minimum absolute atomic E-state index is 0.00202. The van der Waals surface area contributed by atoms with Crippen LogP contribution < -0.4 is 5.32 Å². The lowest BCUT2D eigenvalue weighted by molar-refractivity contribution is -0.144. The third kappa shape index (κ3) is 7.01. The van der Waals surface area contributed by atoms with E-state index in [2.05, 4.69) is 5.32 Å². The molecule has 1 aliphatic carbocycles. The van der Waals surface area contributed by atoms with Gasteiger partial charge in [0, 0.05) is 37.2 Å². The van der Waals surface area contributed by atoms with Crippen molar-refractivity contribution < 1.29 is 33.1 Å². The van der Waals surface area contributed by atoms with Gasteiger partial charge in [0.25, 0.3) is 11.8 Å². The predicted octanol–water partition coefficient (Wildman–Crippen LogP) is 3.55. The van der Waals surface area contributed by atoms with E-state index in [0.717, 1.165) is 49.1 Å². The molecule has 1 aromatic carbocycles. The van der Waals surface area contributed by atoms with Gasteiger partial charge in [-0.25, -0.2) is 8.78 Å². The van der Waals surface area contributed by atoms with E-state index in [0.29, 0.717) is 6.07 Å². The molecule has 198 valence electrons. The molecule has 0 aromatic heterocycles. The second-order valence-corrected chi connectivity index (χ2v) is 11.0. The highest BCUT2D eigenvalue weighted by Crippen LogP contribution is 2.29. The molecular weight excluding hydrogens is 472 g/mol. The van der Waals surface area contributed by atoms with Crippen LogP contribution >= 0.6 is 0 Å². The summed E-state index contributed by atoms with van der Waals surface area (Å²) in [7, 11) is 0. The Labute approximate surface area is 210 Å². The molecule has 3 amide bonds. The summed E-state index contributed by atoms with van der Waals surface area (Å²) in [5, 5.41) is 12.3. The number of rotatable bonds is 7. The molecule has 0 spiro atoms. The highest BCUT2D eigenvalue weighted by molar-refractivity contribution is 5.99. The number of hydrogen-bond acceptors (Lipinski definition) is 4. The fourth-order valence-corrected chi connectivity index (χ4v) is 5.10. The molecule has 1 heterocycles. The van der Waals surface area contributed by atoms with Crippen LogP contribution in [0, 0.1) is 23.0 Å². The van der Waals surface area contributed by atoms with Crippen LogP contribution in [-0.2, 0) is 14.4 Å². The van der Waals surface area contributed by atoms with Gasteiger partial charge in [0.1, 0.15) is 11.6 Å². The third-order valence-corrected chi connectivity index (χ3v) is 6.72. The zero-order valence-electron chi connectivity index (χ0n) is 21.1. The molecule has 10 heteroatoms. The van der Waals surface area contributed by atoms with E-state index in [4.69, 9.17) is 0 Å². The molecule has 1 saturated carbocycles. The summed E-state index contributed by atoms with van der Waals surface area (Å²) < 4.78 is 27.6. The molecule has 2 fully saturated rings. The molecule has 2 aliphatic rings. The van der Waals surface area contributed by atoms with Crippen molar-refractivity contribution in [3.63, 3.8) is 0 Å². The Kier molecular flexibility index (Phi) is 8.68. The first kappa shape index (κ1) is 27.5. The van der Waals surface area contributed by atoms with Gasteiger partial charge in [-0.2, -0.15) is 0 Å². The van der Waals surface area contributed by atoms with Crippen LogP contribution in [0.15, 0.2) is 18.2 Å². The Morgan fingerprint density at radius 1 is 1.00 bits per heavy atom. The van der Waals surface area contributed by atoms with Crippen LogP contribution in [0.4, 0.5) is 8.78 Å². The smallest absolute Gasteiger partial charge is 0.305 e. The van der Waals surface area contributed by atoms with E-state index in [-0.39, 0.29) is 48.7 Å². The van der Waals surface area contributed by atoms with Gasteiger partial charge in [-0.05, 0) is 36.3 Å². The Balaban J connectivity index is 1.91. The van der Waals surface area contributed by atoms with E-state index in [1.165, 1.54) is 4.90 Å². The van der Waals surface area contributed by atoms with E-state index >= 15 is 0 Å². The van der Waals surface area contributed by atoms with Gasteiger partial charge in [-0.3, -0.25) is 19.2 Å². The van der Waals surface area contributed by atoms with Crippen molar-refractivity contribution in [2.45, 2.75) is 77.9 Å². The lowest BCUT2D eigenvalue weighted by atomic mass is 9.82. The maximum Gasteiger partial charge on any atom is 0.305 e. The van der Waals surface area contributed by atoms with Crippen LogP contribution in [0.2, 0.25) is 0 Å². The van der Waals surface area contributed by atoms with Gasteiger partial charge in [-0.1, -0.05) is 40.0 Å². The van der Waals surface area contributed by atoms with Crippen LogP contribution in [-0.4, -0.2) is 63.9 Å². The van der Waals surface area contributed by atoms with Crippen molar-refractivity contribution in [3.05, 3.63) is 35.4 Å². The number of carbonyl (C=O) groups is 4. The lowest BCUT2D eigenvalue weighted by Crippen LogP contribution is -2.57. The molecule has 2 unspecified atom stereocenters. The molecule has 1 aliphatic heterocycles. The SMILES string of the molecule is CC(C)(C)CC(=O)N1CCN(C(=O)c2cc(F)cc(F)c2)C1C(=O)NC(CC(=O)O)C1CCCCC1. The fourth-order valence-electron chi connectivity index (χ4n) is 5.10. The van der Waals surface area contributed by atoms with Crippen molar-refractivity contribution in [2.75, 3.05) is 13.1 Å².